The van der Waals surface area contributed by atoms with Gasteiger partial charge < -0.3 is 10.6 Å². The molecule has 1 aliphatic rings. The van der Waals surface area contributed by atoms with E-state index < -0.39 is 0 Å². The molecular formula is C16H25N3O. The Labute approximate surface area is 121 Å². The Morgan fingerprint density at radius 1 is 1.55 bits per heavy atom. The lowest BCUT2D eigenvalue weighted by atomic mass is 9.94. The Hall–Kier alpha value is -1.42. The van der Waals surface area contributed by atoms with Gasteiger partial charge in [0.1, 0.15) is 0 Å². The third-order valence-electron chi connectivity index (χ3n) is 4.00. The van der Waals surface area contributed by atoms with E-state index in [-0.39, 0.29) is 5.91 Å². The molecule has 1 unspecified atom stereocenters. The van der Waals surface area contributed by atoms with Crippen LogP contribution < -0.4 is 10.6 Å². The summed E-state index contributed by atoms with van der Waals surface area (Å²) in [5.74, 6) is 0.804. The number of hydrogen-bond acceptors (Lipinski definition) is 3. The van der Waals surface area contributed by atoms with E-state index >= 15 is 0 Å². The molecule has 0 aromatic carbocycles. The number of hydrogen-bond donors (Lipinski definition) is 2. The maximum Gasteiger partial charge on any atom is 0.220 e. The molecule has 110 valence electrons. The average Bonchev–Trinajstić information content (AvgIpc) is 2.52. The SMILES string of the molecule is CCc1cccnc1CNC(=O)CCC1CCCNC1. The van der Waals surface area contributed by atoms with E-state index in [0.29, 0.717) is 18.9 Å². The quantitative estimate of drug-likeness (QED) is 0.835. The zero-order chi connectivity index (χ0) is 14.2. The molecule has 2 rings (SSSR count). The Balaban J connectivity index is 1.71. The van der Waals surface area contributed by atoms with Crippen LogP contribution in [0.2, 0.25) is 0 Å². The van der Waals surface area contributed by atoms with E-state index in [1.165, 1.54) is 18.4 Å². The molecule has 1 aliphatic heterocycles. The molecule has 1 saturated heterocycles. The topological polar surface area (TPSA) is 54.0 Å². The predicted octanol–water partition coefficient (Wildman–Crippen LogP) is 2.04. The lowest BCUT2D eigenvalue weighted by molar-refractivity contribution is -0.121. The summed E-state index contributed by atoms with van der Waals surface area (Å²) in [6.07, 6.45) is 6.84. The number of rotatable bonds is 6. The van der Waals surface area contributed by atoms with E-state index in [1.807, 2.05) is 6.07 Å². The minimum atomic E-state index is 0.142. The minimum absolute atomic E-state index is 0.142. The summed E-state index contributed by atoms with van der Waals surface area (Å²) in [6, 6.07) is 4.02. The van der Waals surface area contributed by atoms with Crippen LogP contribution in [-0.2, 0) is 17.8 Å². The van der Waals surface area contributed by atoms with Crippen LogP contribution in [-0.4, -0.2) is 24.0 Å². The van der Waals surface area contributed by atoms with Gasteiger partial charge in [-0.3, -0.25) is 9.78 Å². The van der Waals surface area contributed by atoms with Gasteiger partial charge in [-0.25, -0.2) is 0 Å². The summed E-state index contributed by atoms with van der Waals surface area (Å²) in [7, 11) is 0. The number of pyridine rings is 1. The number of nitrogens with zero attached hydrogens (tertiary/aromatic N) is 1. The zero-order valence-corrected chi connectivity index (χ0v) is 12.3. The first kappa shape index (κ1) is 15.0. The summed E-state index contributed by atoms with van der Waals surface area (Å²) >= 11 is 0. The lowest BCUT2D eigenvalue weighted by Crippen LogP contribution is -2.31. The first-order valence-electron chi connectivity index (χ1n) is 7.69. The first-order valence-corrected chi connectivity index (χ1v) is 7.69. The molecule has 1 fully saturated rings. The molecule has 4 nitrogen and oxygen atoms in total. The molecule has 0 bridgehead atoms. The maximum atomic E-state index is 11.9. The Morgan fingerprint density at radius 2 is 2.45 bits per heavy atom. The van der Waals surface area contributed by atoms with Crippen LogP contribution in [0.25, 0.3) is 0 Å². The molecule has 1 aromatic heterocycles. The van der Waals surface area contributed by atoms with Gasteiger partial charge in [-0.05, 0) is 56.3 Å². The van der Waals surface area contributed by atoms with Crippen LogP contribution in [0.3, 0.4) is 0 Å². The van der Waals surface area contributed by atoms with Gasteiger partial charge in [-0.2, -0.15) is 0 Å². The molecule has 0 spiro atoms. The van der Waals surface area contributed by atoms with Crippen LogP contribution in [0.5, 0.6) is 0 Å². The van der Waals surface area contributed by atoms with Crippen molar-refractivity contribution in [2.24, 2.45) is 5.92 Å². The fourth-order valence-corrected chi connectivity index (χ4v) is 2.73. The van der Waals surface area contributed by atoms with E-state index in [9.17, 15) is 4.79 Å². The number of carbonyl (C=O) groups is 1. The van der Waals surface area contributed by atoms with Crippen molar-refractivity contribution in [2.45, 2.75) is 45.6 Å². The van der Waals surface area contributed by atoms with Gasteiger partial charge in [0.15, 0.2) is 0 Å². The van der Waals surface area contributed by atoms with E-state index in [1.54, 1.807) is 6.20 Å². The third-order valence-corrected chi connectivity index (χ3v) is 4.00. The number of nitrogens with one attached hydrogen (secondary N) is 2. The predicted molar refractivity (Wildman–Crippen MR) is 80.3 cm³/mol. The van der Waals surface area contributed by atoms with Crippen molar-refractivity contribution in [3.63, 3.8) is 0 Å². The van der Waals surface area contributed by atoms with E-state index in [2.05, 4.69) is 28.6 Å². The second kappa shape index (κ2) is 8.00. The fourth-order valence-electron chi connectivity index (χ4n) is 2.73. The van der Waals surface area contributed by atoms with Gasteiger partial charge in [0.05, 0.1) is 12.2 Å². The van der Waals surface area contributed by atoms with Crippen molar-refractivity contribution < 1.29 is 4.79 Å². The van der Waals surface area contributed by atoms with Crippen LogP contribution in [0, 0.1) is 5.92 Å². The largest absolute Gasteiger partial charge is 0.350 e. The lowest BCUT2D eigenvalue weighted by Gasteiger charge is -2.22. The van der Waals surface area contributed by atoms with E-state index in [4.69, 9.17) is 0 Å². The number of aryl methyl sites for hydroxylation is 1. The van der Waals surface area contributed by atoms with Crippen molar-refractivity contribution in [1.82, 2.24) is 15.6 Å². The van der Waals surface area contributed by atoms with Crippen molar-refractivity contribution in [3.8, 4) is 0 Å². The molecule has 1 amide bonds. The number of carbonyl (C=O) groups excluding carboxylic acids is 1. The van der Waals surface area contributed by atoms with Crippen molar-refractivity contribution in [2.75, 3.05) is 13.1 Å². The van der Waals surface area contributed by atoms with Gasteiger partial charge in [0, 0.05) is 12.6 Å². The van der Waals surface area contributed by atoms with Crippen LogP contribution >= 0.6 is 0 Å². The molecule has 0 aliphatic carbocycles. The summed E-state index contributed by atoms with van der Waals surface area (Å²) in [5, 5.41) is 6.38. The van der Waals surface area contributed by atoms with Gasteiger partial charge in [-0.15, -0.1) is 0 Å². The highest BCUT2D eigenvalue weighted by Gasteiger charge is 2.14. The summed E-state index contributed by atoms with van der Waals surface area (Å²) < 4.78 is 0. The molecule has 4 heteroatoms. The van der Waals surface area contributed by atoms with Gasteiger partial charge in [-0.1, -0.05) is 13.0 Å². The van der Waals surface area contributed by atoms with Gasteiger partial charge >= 0.3 is 0 Å². The highest BCUT2D eigenvalue weighted by Crippen LogP contribution is 2.15. The molecule has 2 heterocycles. The Kier molecular flexibility index (Phi) is 5.99. The summed E-state index contributed by atoms with van der Waals surface area (Å²) in [5.41, 5.74) is 2.20. The molecule has 0 radical (unpaired) electrons. The average molecular weight is 275 g/mol. The first-order chi connectivity index (χ1) is 9.79. The third kappa shape index (κ3) is 4.60. The number of aromatic nitrogens is 1. The Bertz CT molecular complexity index is 427. The highest BCUT2D eigenvalue weighted by molar-refractivity contribution is 5.75. The van der Waals surface area contributed by atoms with Gasteiger partial charge in [0.2, 0.25) is 5.91 Å². The smallest absolute Gasteiger partial charge is 0.220 e. The number of amides is 1. The van der Waals surface area contributed by atoms with Crippen molar-refractivity contribution in [1.29, 1.82) is 0 Å². The molecule has 20 heavy (non-hydrogen) atoms. The van der Waals surface area contributed by atoms with E-state index in [0.717, 1.165) is 31.6 Å². The van der Waals surface area contributed by atoms with Crippen LogP contribution in [0.4, 0.5) is 0 Å². The zero-order valence-electron chi connectivity index (χ0n) is 12.3. The number of piperidine rings is 1. The Morgan fingerprint density at radius 3 is 3.20 bits per heavy atom. The van der Waals surface area contributed by atoms with Crippen LogP contribution in [0.1, 0.15) is 43.9 Å². The molecule has 1 atom stereocenters. The molecular weight excluding hydrogens is 250 g/mol. The second-order valence-corrected chi connectivity index (χ2v) is 5.49. The maximum absolute atomic E-state index is 11.9. The standard InChI is InChI=1S/C16H25N3O/c1-2-14-6-4-10-18-15(14)12-19-16(20)8-7-13-5-3-9-17-11-13/h4,6,10,13,17H,2-3,5,7-9,11-12H2,1H3,(H,19,20). The molecule has 1 aromatic rings. The highest BCUT2D eigenvalue weighted by atomic mass is 16.1. The monoisotopic (exact) mass is 275 g/mol. The van der Waals surface area contributed by atoms with Crippen molar-refractivity contribution in [3.05, 3.63) is 29.6 Å². The van der Waals surface area contributed by atoms with Gasteiger partial charge in [0.25, 0.3) is 0 Å². The summed E-state index contributed by atoms with van der Waals surface area (Å²) in [6.45, 7) is 4.85. The van der Waals surface area contributed by atoms with Crippen molar-refractivity contribution >= 4 is 5.91 Å². The summed E-state index contributed by atoms with van der Waals surface area (Å²) in [4.78, 5) is 16.2. The van der Waals surface area contributed by atoms with Crippen LogP contribution in [0.15, 0.2) is 18.3 Å². The second-order valence-electron chi connectivity index (χ2n) is 5.49. The molecule has 2 N–H and O–H groups in total. The minimum Gasteiger partial charge on any atom is -0.350 e. The normalized spacial score (nSPS) is 18.8. The molecule has 0 saturated carbocycles. The fraction of sp³-hybridized carbons (Fsp3) is 0.625.